The number of aliphatic carboxylic acids is 1. The Balaban J connectivity index is 4.12. The summed E-state index contributed by atoms with van der Waals surface area (Å²) in [4.78, 5) is 19.6. The van der Waals surface area contributed by atoms with Crippen molar-refractivity contribution in [1.82, 2.24) is 0 Å². The zero-order chi connectivity index (χ0) is 9.02. The first-order valence-corrected chi connectivity index (χ1v) is 3.31. The first-order chi connectivity index (χ1) is 4.95. The van der Waals surface area contributed by atoms with Gasteiger partial charge in [-0.15, -0.1) is 0 Å². The first kappa shape index (κ1) is 9.87. The van der Waals surface area contributed by atoms with Crippen LogP contribution in [0.3, 0.4) is 0 Å². The second-order valence-corrected chi connectivity index (χ2v) is 2.77. The summed E-state index contributed by atoms with van der Waals surface area (Å²) in [6.45, 7) is 3.50. The zero-order valence-corrected chi connectivity index (χ0v) is 6.48. The van der Waals surface area contributed by atoms with Gasteiger partial charge in [0.05, 0.1) is 0 Å². The van der Waals surface area contributed by atoms with Gasteiger partial charge < -0.3 is 5.11 Å². The molecule has 5 heteroatoms. The van der Waals surface area contributed by atoms with Gasteiger partial charge in [0, 0.05) is 11.3 Å². The molecule has 0 amide bonds. The van der Waals surface area contributed by atoms with Crippen molar-refractivity contribution < 1.29 is 14.8 Å². The zero-order valence-electron chi connectivity index (χ0n) is 6.48. The van der Waals surface area contributed by atoms with Crippen LogP contribution in [-0.2, 0) is 4.79 Å². The average molecular weight is 161 g/mol. The lowest BCUT2D eigenvalue weighted by atomic mass is 10.0. The summed E-state index contributed by atoms with van der Waals surface area (Å²) in [5.74, 6) is -1.33. The quantitative estimate of drug-likeness (QED) is 0.487. The Kier molecular flexibility index (Phi) is 3.50. The van der Waals surface area contributed by atoms with Crippen molar-refractivity contribution in [2.45, 2.75) is 26.3 Å². The van der Waals surface area contributed by atoms with Gasteiger partial charge in [-0.2, -0.15) is 0 Å². The summed E-state index contributed by atoms with van der Waals surface area (Å²) >= 11 is 0. The van der Waals surface area contributed by atoms with Crippen molar-refractivity contribution in [3.63, 3.8) is 0 Å². The van der Waals surface area contributed by atoms with Gasteiger partial charge in [-0.3, -0.25) is 10.1 Å². The third-order valence-corrected chi connectivity index (χ3v) is 1.23. The standard InChI is InChI=1S/C6H11NO4/c1-4(2)3-5(6(8)9)7(10)11/h4-5H,3H2,1-2H3,(H,8,9). The number of carboxylic acid groups (broad SMARTS) is 1. The Morgan fingerprint density at radius 2 is 2.09 bits per heavy atom. The third kappa shape index (κ3) is 3.54. The fourth-order valence-corrected chi connectivity index (χ4v) is 0.724. The molecule has 0 aromatic heterocycles. The van der Waals surface area contributed by atoms with Crippen molar-refractivity contribution in [3.05, 3.63) is 10.1 Å². The minimum atomic E-state index is -1.45. The van der Waals surface area contributed by atoms with E-state index in [2.05, 4.69) is 0 Å². The molecule has 11 heavy (non-hydrogen) atoms. The molecule has 0 saturated heterocycles. The summed E-state index contributed by atoms with van der Waals surface area (Å²) in [5, 5.41) is 18.5. The summed E-state index contributed by atoms with van der Waals surface area (Å²) in [6.07, 6.45) is 0.0856. The molecule has 0 aromatic rings. The number of carbonyl (C=O) groups is 1. The highest BCUT2D eigenvalue weighted by atomic mass is 16.6. The molecule has 1 N–H and O–H groups in total. The van der Waals surface area contributed by atoms with Crippen LogP contribution in [0.1, 0.15) is 20.3 Å². The first-order valence-electron chi connectivity index (χ1n) is 3.31. The van der Waals surface area contributed by atoms with Gasteiger partial charge >= 0.3 is 12.0 Å². The van der Waals surface area contributed by atoms with Gasteiger partial charge in [-0.05, 0) is 5.92 Å². The van der Waals surface area contributed by atoms with E-state index in [1.165, 1.54) is 0 Å². The maximum absolute atomic E-state index is 10.2. The van der Waals surface area contributed by atoms with E-state index >= 15 is 0 Å². The second-order valence-electron chi connectivity index (χ2n) is 2.77. The number of carboxylic acids is 1. The molecule has 0 bridgehead atoms. The average Bonchev–Trinajstić information content (AvgIpc) is 1.81. The van der Waals surface area contributed by atoms with Crippen molar-refractivity contribution in [1.29, 1.82) is 0 Å². The van der Waals surface area contributed by atoms with E-state index in [-0.39, 0.29) is 12.3 Å². The van der Waals surface area contributed by atoms with Crippen LogP contribution in [0.4, 0.5) is 0 Å². The van der Waals surface area contributed by atoms with Gasteiger partial charge in [-0.25, -0.2) is 4.79 Å². The van der Waals surface area contributed by atoms with Crippen LogP contribution < -0.4 is 0 Å². The van der Waals surface area contributed by atoms with E-state index in [1.807, 2.05) is 0 Å². The highest BCUT2D eigenvalue weighted by Gasteiger charge is 2.29. The van der Waals surface area contributed by atoms with Gasteiger partial charge in [0.2, 0.25) is 0 Å². The van der Waals surface area contributed by atoms with Gasteiger partial charge in [-0.1, -0.05) is 13.8 Å². The predicted octanol–water partition coefficient (Wildman–Crippen LogP) is 0.762. The van der Waals surface area contributed by atoms with Crippen molar-refractivity contribution in [2.24, 2.45) is 5.92 Å². The lowest BCUT2D eigenvalue weighted by Gasteiger charge is -2.05. The number of rotatable bonds is 4. The molecule has 1 unspecified atom stereocenters. The molecule has 5 nitrogen and oxygen atoms in total. The van der Waals surface area contributed by atoms with Crippen LogP contribution in [0, 0.1) is 16.0 Å². The smallest absolute Gasteiger partial charge is 0.379 e. The second kappa shape index (κ2) is 3.90. The fourth-order valence-electron chi connectivity index (χ4n) is 0.724. The lowest BCUT2D eigenvalue weighted by molar-refractivity contribution is -0.512. The van der Waals surface area contributed by atoms with E-state index in [9.17, 15) is 14.9 Å². The normalized spacial score (nSPS) is 13.0. The van der Waals surface area contributed by atoms with Crippen molar-refractivity contribution in [2.75, 3.05) is 0 Å². The molecule has 0 aliphatic carbocycles. The van der Waals surface area contributed by atoms with E-state index in [4.69, 9.17) is 5.11 Å². The fraction of sp³-hybridized carbons (Fsp3) is 0.833. The van der Waals surface area contributed by atoms with E-state index in [1.54, 1.807) is 13.8 Å². The third-order valence-electron chi connectivity index (χ3n) is 1.23. The summed E-state index contributed by atoms with van der Waals surface area (Å²) in [5.41, 5.74) is 0. The van der Waals surface area contributed by atoms with Crippen molar-refractivity contribution in [3.8, 4) is 0 Å². The lowest BCUT2D eigenvalue weighted by Crippen LogP contribution is -2.30. The van der Waals surface area contributed by atoms with Crippen LogP contribution in [0.2, 0.25) is 0 Å². The Hall–Kier alpha value is -1.13. The van der Waals surface area contributed by atoms with E-state index in [0.29, 0.717) is 0 Å². The number of nitro groups is 1. The highest BCUT2D eigenvalue weighted by molar-refractivity contribution is 5.71. The summed E-state index contributed by atoms with van der Waals surface area (Å²) in [7, 11) is 0. The highest BCUT2D eigenvalue weighted by Crippen LogP contribution is 2.07. The molecule has 0 rings (SSSR count). The van der Waals surface area contributed by atoms with Crippen LogP contribution in [0.15, 0.2) is 0 Å². The van der Waals surface area contributed by atoms with Crippen LogP contribution in [-0.4, -0.2) is 22.0 Å². The largest absolute Gasteiger partial charge is 0.476 e. The Labute approximate surface area is 64.2 Å². The summed E-state index contributed by atoms with van der Waals surface area (Å²) < 4.78 is 0. The number of nitrogens with zero attached hydrogens (tertiary/aromatic N) is 1. The summed E-state index contributed by atoms with van der Waals surface area (Å²) in [6, 6.07) is -1.45. The number of hydrogen-bond acceptors (Lipinski definition) is 3. The molecule has 0 heterocycles. The molecule has 0 aliphatic heterocycles. The van der Waals surface area contributed by atoms with E-state index < -0.39 is 16.9 Å². The predicted molar refractivity (Wildman–Crippen MR) is 37.9 cm³/mol. The van der Waals surface area contributed by atoms with Crippen LogP contribution >= 0.6 is 0 Å². The van der Waals surface area contributed by atoms with E-state index in [0.717, 1.165) is 0 Å². The molecule has 1 atom stereocenters. The molecular weight excluding hydrogens is 150 g/mol. The SMILES string of the molecule is CC(C)CC(C(=O)O)[N+](=O)[O-]. The van der Waals surface area contributed by atoms with Gasteiger partial charge in [0.15, 0.2) is 0 Å². The van der Waals surface area contributed by atoms with Crippen LogP contribution in [0.25, 0.3) is 0 Å². The molecule has 64 valence electrons. The Morgan fingerprint density at radius 1 is 1.64 bits per heavy atom. The van der Waals surface area contributed by atoms with Gasteiger partial charge in [0.1, 0.15) is 0 Å². The Morgan fingerprint density at radius 3 is 2.18 bits per heavy atom. The van der Waals surface area contributed by atoms with Gasteiger partial charge in [0.25, 0.3) is 0 Å². The topological polar surface area (TPSA) is 80.4 Å². The molecule has 0 saturated carbocycles. The molecule has 0 aliphatic rings. The number of hydrogen-bond donors (Lipinski definition) is 1. The minimum absolute atomic E-state index is 0.0292. The minimum Gasteiger partial charge on any atom is -0.476 e. The molecule has 0 fully saturated rings. The van der Waals surface area contributed by atoms with Crippen LogP contribution in [0.5, 0.6) is 0 Å². The molecular formula is C6H11NO4. The Bertz CT molecular complexity index is 152. The van der Waals surface area contributed by atoms with Crippen molar-refractivity contribution >= 4 is 5.97 Å². The maximum Gasteiger partial charge on any atom is 0.379 e. The maximum atomic E-state index is 10.2. The molecule has 0 aromatic carbocycles. The molecule has 0 radical (unpaired) electrons. The monoisotopic (exact) mass is 161 g/mol. The molecule has 0 spiro atoms.